The zero-order valence-electron chi connectivity index (χ0n) is 23.6. The maximum Gasteiger partial charge on any atom is 0.158 e. The number of aliphatic hydroxyl groups is 1. The number of nitrogens with one attached hydrogen (secondary N) is 1. The Morgan fingerprint density at radius 3 is 2.54 bits per heavy atom. The Kier molecular flexibility index (Phi) is 7.81. The number of aliphatic hydroxyl groups excluding tert-OH is 1. The van der Waals surface area contributed by atoms with Gasteiger partial charge in [0.05, 0.1) is 29.1 Å². The summed E-state index contributed by atoms with van der Waals surface area (Å²) in [7, 11) is -3.04. The largest absolute Gasteiger partial charge is 0.395 e. The van der Waals surface area contributed by atoms with Crippen molar-refractivity contribution in [3.05, 3.63) is 47.0 Å². The van der Waals surface area contributed by atoms with Crippen LogP contribution in [0.1, 0.15) is 73.8 Å². The van der Waals surface area contributed by atoms with Gasteiger partial charge in [-0.3, -0.25) is 9.88 Å². The van der Waals surface area contributed by atoms with Crippen molar-refractivity contribution in [2.75, 3.05) is 31.7 Å². The van der Waals surface area contributed by atoms with Crippen LogP contribution in [0.15, 0.2) is 24.7 Å². The average molecular weight is 553 g/mol. The van der Waals surface area contributed by atoms with E-state index in [9.17, 15) is 13.5 Å². The summed E-state index contributed by atoms with van der Waals surface area (Å²) in [5.74, 6) is 0.771. The van der Waals surface area contributed by atoms with Crippen LogP contribution >= 0.6 is 0 Å². The third kappa shape index (κ3) is 5.60. The summed E-state index contributed by atoms with van der Waals surface area (Å²) in [5, 5.41) is 13.9. The summed E-state index contributed by atoms with van der Waals surface area (Å²) in [6.07, 6.45) is 8.87. The van der Waals surface area contributed by atoms with Crippen LogP contribution in [0, 0.1) is 13.8 Å². The van der Waals surface area contributed by atoms with Crippen LogP contribution in [0.2, 0.25) is 0 Å². The molecule has 2 N–H and O–H groups in total. The lowest BCUT2D eigenvalue weighted by molar-refractivity contribution is 0.125. The van der Waals surface area contributed by atoms with Gasteiger partial charge >= 0.3 is 0 Å². The molecule has 4 heterocycles. The predicted octanol–water partition coefficient (Wildman–Crippen LogP) is 4.38. The van der Waals surface area contributed by atoms with Crippen LogP contribution in [0.3, 0.4) is 0 Å². The Balaban J connectivity index is 1.42. The lowest BCUT2D eigenvalue weighted by Crippen LogP contribution is -2.42. The van der Waals surface area contributed by atoms with Crippen molar-refractivity contribution in [3.8, 4) is 11.3 Å². The highest BCUT2D eigenvalue weighted by Gasteiger charge is 2.29. The van der Waals surface area contributed by atoms with E-state index < -0.39 is 9.84 Å². The van der Waals surface area contributed by atoms with E-state index in [0.717, 1.165) is 64.9 Å². The molecule has 0 amide bonds. The molecule has 0 bridgehead atoms. The third-order valence-electron chi connectivity index (χ3n) is 8.44. The Bertz CT molecular complexity index is 1580. The molecule has 0 saturated heterocycles. The average Bonchev–Trinajstić information content (AvgIpc) is 3.52. The minimum Gasteiger partial charge on any atom is -0.395 e. The van der Waals surface area contributed by atoms with Crippen LogP contribution in [0.25, 0.3) is 27.9 Å². The number of aromatic nitrogens is 5. The van der Waals surface area contributed by atoms with Crippen LogP contribution in [-0.4, -0.2) is 80.7 Å². The Morgan fingerprint density at radius 1 is 1.13 bits per heavy atom. The van der Waals surface area contributed by atoms with E-state index in [1.807, 2.05) is 4.52 Å². The summed E-state index contributed by atoms with van der Waals surface area (Å²) in [5.41, 5.74) is 9.81. The fraction of sp³-hybridized carbons (Fsp3) is 0.552. The lowest BCUT2D eigenvalue weighted by Gasteiger charge is -2.36. The van der Waals surface area contributed by atoms with Crippen molar-refractivity contribution < 1.29 is 13.5 Å². The summed E-state index contributed by atoms with van der Waals surface area (Å²) in [6.45, 7) is 9.69. The SMILES string of the molecule is Cc1c(-c2[nH]c3ccc(C4CCC(N(CCO)CCS(C)(=O)=O)CC4)nc3c2C(C)C)cn2ncnc2c1C. The monoisotopic (exact) mass is 552 g/mol. The molecule has 1 aliphatic carbocycles. The third-order valence-corrected chi connectivity index (χ3v) is 9.37. The van der Waals surface area contributed by atoms with Gasteiger partial charge in [-0.25, -0.2) is 17.9 Å². The fourth-order valence-electron chi connectivity index (χ4n) is 6.18. The molecule has 0 radical (unpaired) electrons. The molecule has 1 aliphatic rings. The summed E-state index contributed by atoms with van der Waals surface area (Å²) >= 11 is 0. The zero-order chi connectivity index (χ0) is 27.9. The number of hydrogen-bond acceptors (Lipinski definition) is 7. The first kappa shape index (κ1) is 27.7. The topological polar surface area (TPSA) is 116 Å². The zero-order valence-corrected chi connectivity index (χ0v) is 24.4. The minimum atomic E-state index is -3.04. The van der Waals surface area contributed by atoms with E-state index >= 15 is 0 Å². The van der Waals surface area contributed by atoms with Crippen molar-refractivity contribution in [3.63, 3.8) is 0 Å². The Hall–Kier alpha value is -2.82. The Labute approximate surface area is 230 Å². The second kappa shape index (κ2) is 11.0. The van der Waals surface area contributed by atoms with Gasteiger partial charge < -0.3 is 10.1 Å². The van der Waals surface area contributed by atoms with E-state index in [1.165, 1.54) is 17.4 Å². The number of aryl methyl sites for hydroxylation is 1. The van der Waals surface area contributed by atoms with Crippen LogP contribution in [-0.2, 0) is 9.84 Å². The molecule has 39 heavy (non-hydrogen) atoms. The number of rotatable bonds is 9. The van der Waals surface area contributed by atoms with Crippen molar-refractivity contribution in [1.29, 1.82) is 0 Å². The van der Waals surface area contributed by atoms with E-state index in [0.29, 0.717) is 25.0 Å². The van der Waals surface area contributed by atoms with E-state index in [-0.39, 0.29) is 18.3 Å². The fourth-order valence-corrected chi connectivity index (χ4v) is 6.75. The first-order valence-electron chi connectivity index (χ1n) is 13.9. The molecule has 4 aromatic rings. The van der Waals surface area contributed by atoms with Gasteiger partial charge in [-0.15, -0.1) is 0 Å². The normalized spacial score (nSPS) is 18.7. The molecule has 210 valence electrons. The van der Waals surface area contributed by atoms with Crippen LogP contribution < -0.4 is 0 Å². The highest BCUT2D eigenvalue weighted by atomic mass is 32.2. The summed E-state index contributed by atoms with van der Waals surface area (Å²) in [4.78, 5) is 15.5. The maximum atomic E-state index is 11.7. The van der Waals surface area contributed by atoms with Crippen LogP contribution in [0.4, 0.5) is 0 Å². The first-order valence-corrected chi connectivity index (χ1v) is 16.0. The molecule has 5 rings (SSSR count). The van der Waals surface area contributed by atoms with Crippen molar-refractivity contribution in [1.82, 2.24) is 29.5 Å². The molecule has 1 saturated carbocycles. The van der Waals surface area contributed by atoms with Gasteiger partial charge in [0, 0.05) is 54.3 Å². The second-order valence-electron chi connectivity index (χ2n) is 11.4. The second-order valence-corrected chi connectivity index (χ2v) is 13.7. The molecular formula is C29H40N6O3S. The van der Waals surface area contributed by atoms with E-state index in [4.69, 9.17) is 4.98 Å². The minimum absolute atomic E-state index is 0.0402. The summed E-state index contributed by atoms with van der Waals surface area (Å²) in [6, 6.07) is 4.62. The number of nitrogens with zero attached hydrogens (tertiary/aromatic N) is 5. The van der Waals surface area contributed by atoms with Gasteiger partial charge in [0.1, 0.15) is 16.2 Å². The van der Waals surface area contributed by atoms with Gasteiger partial charge in [0.15, 0.2) is 5.65 Å². The molecule has 4 aromatic heterocycles. The molecule has 0 aromatic carbocycles. The highest BCUT2D eigenvalue weighted by molar-refractivity contribution is 7.90. The van der Waals surface area contributed by atoms with Gasteiger partial charge in [-0.05, 0) is 68.7 Å². The molecule has 0 atom stereocenters. The lowest BCUT2D eigenvalue weighted by atomic mass is 9.83. The molecule has 0 unspecified atom stereocenters. The Morgan fingerprint density at radius 2 is 1.87 bits per heavy atom. The standard InChI is InChI=1S/C29H40N6O3S/c1-18(2)26-27(23-16-35-29(30-17-31-35)20(4)19(23)3)33-25-11-10-24(32-28(25)26)21-6-8-22(9-7-21)34(12-14-36)13-15-39(5,37)38/h10-11,16-18,21-22,33,36H,6-9,12-15H2,1-5H3. The molecule has 0 aliphatic heterocycles. The number of aromatic amines is 1. The molecule has 1 fully saturated rings. The van der Waals surface area contributed by atoms with Gasteiger partial charge in [0.2, 0.25) is 0 Å². The number of hydrogen-bond donors (Lipinski definition) is 2. The smallest absolute Gasteiger partial charge is 0.158 e. The molecule has 10 heteroatoms. The predicted molar refractivity (Wildman–Crippen MR) is 155 cm³/mol. The van der Waals surface area contributed by atoms with Gasteiger partial charge in [0.25, 0.3) is 0 Å². The van der Waals surface area contributed by atoms with Gasteiger partial charge in [-0.2, -0.15) is 5.10 Å². The van der Waals surface area contributed by atoms with Gasteiger partial charge in [-0.1, -0.05) is 13.8 Å². The number of pyridine rings is 2. The number of sulfone groups is 1. The first-order chi connectivity index (χ1) is 18.6. The van der Waals surface area contributed by atoms with Crippen molar-refractivity contribution in [2.45, 2.75) is 71.3 Å². The molecular weight excluding hydrogens is 512 g/mol. The maximum absolute atomic E-state index is 11.7. The highest BCUT2D eigenvalue weighted by Crippen LogP contribution is 2.39. The quantitative estimate of drug-likeness (QED) is 0.317. The van der Waals surface area contributed by atoms with E-state index in [2.05, 4.69) is 66.0 Å². The number of fused-ring (bicyclic) bond motifs is 2. The molecule has 9 nitrogen and oxygen atoms in total. The number of H-pyrrole nitrogens is 1. The van der Waals surface area contributed by atoms with Crippen molar-refractivity contribution >= 4 is 26.5 Å². The van der Waals surface area contributed by atoms with Crippen LogP contribution in [0.5, 0.6) is 0 Å². The molecule has 0 spiro atoms. The van der Waals surface area contributed by atoms with E-state index in [1.54, 1.807) is 6.33 Å². The van der Waals surface area contributed by atoms with Crippen molar-refractivity contribution in [2.24, 2.45) is 0 Å². The summed E-state index contributed by atoms with van der Waals surface area (Å²) < 4.78 is 25.3.